The van der Waals surface area contributed by atoms with Crippen molar-refractivity contribution in [2.75, 3.05) is 33.8 Å². The highest BCUT2D eigenvalue weighted by Gasteiger charge is 2.14. The summed E-state index contributed by atoms with van der Waals surface area (Å²) >= 11 is 0. The van der Waals surface area contributed by atoms with Gasteiger partial charge in [-0.05, 0) is 6.92 Å². The Morgan fingerprint density at radius 3 is 2.35 bits per heavy atom. The van der Waals surface area contributed by atoms with Gasteiger partial charge in [-0.25, -0.2) is 4.79 Å². The summed E-state index contributed by atoms with van der Waals surface area (Å²) in [6.07, 6.45) is 0.734. The second kappa shape index (κ2) is 7.06. The first kappa shape index (κ1) is 15.6. The smallest absolute Gasteiger partial charge is 0.333 e. The predicted octanol–water partition coefficient (Wildman–Crippen LogP) is -0.288. The number of esters is 1. The summed E-state index contributed by atoms with van der Waals surface area (Å²) in [4.78, 5) is 21.4. The molecule has 0 fully saturated rings. The number of hydrogen-bond acceptors (Lipinski definition) is 4. The number of rotatable bonds is 8. The van der Waals surface area contributed by atoms with Gasteiger partial charge in [-0.3, -0.25) is 0 Å². The van der Waals surface area contributed by atoms with Gasteiger partial charge in [-0.2, -0.15) is 0 Å². The average Bonchev–Trinajstić information content (AvgIpc) is 2.21. The standard InChI is InChI=1S/C12H21NO4/c1-10(2)12(16)17-9-5-7-13(3,4)8-6-11(14)15/h1,5-9H2,2-4H3. The number of nitrogens with zero attached hydrogens (tertiary/aromatic N) is 1. The van der Waals surface area contributed by atoms with E-state index in [-0.39, 0.29) is 12.4 Å². The van der Waals surface area contributed by atoms with E-state index < -0.39 is 5.97 Å². The zero-order valence-corrected chi connectivity index (χ0v) is 10.8. The van der Waals surface area contributed by atoms with Crippen LogP contribution >= 0.6 is 0 Å². The van der Waals surface area contributed by atoms with Crippen LogP contribution in [0.2, 0.25) is 0 Å². The van der Waals surface area contributed by atoms with Crippen LogP contribution in [0.25, 0.3) is 0 Å². The van der Waals surface area contributed by atoms with Crippen molar-refractivity contribution >= 4 is 11.9 Å². The second-order valence-electron chi connectivity index (χ2n) is 4.77. The van der Waals surface area contributed by atoms with E-state index in [1.807, 2.05) is 14.1 Å². The number of ether oxygens (including phenoxy) is 1. The molecule has 0 N–H and O–H groups in total. The van der Waals surface area contributed by atoms with E-state index in [4.69, 9.17) is 4.74 Å². The zero-order valence-electron chi connectivity index (χ0n) is 10.8. The van der Waals surface area contributed by atoms with Crippen molar-refractivity contribution in [1.29, 1.82) is 0 Å². The molecule has 0 amide bonds. The largest absolute Gasteiger partial charge is 0.550 e. The molecule has 0 unspecified atom stereocenters. The van der Waals surface area contributed by atoms with Gasteiger partial charge in [0.2, 0.25) is 0 Å². The molecular weight excluding hydrogens is 222 g/mol. The van der Waals surface area contributed by atoms with E-state index in [1.165, 1.54) is 0 Å². The minimum absolute atomic E-state index is 0.0402. The van der Waals surface area contributed by atoms with Crippen LogP contribution in [0.15, 0.2) is 12.2 Å². The van der Waals surface area contributed by atoms with E-state index >= 15 is 0 Å². The molecule has 98 valence electrons. The van der Waals surface area contributed by atoms with Gasteiger partial charge in [-0.1, -0.05) is 6.58 Å². The maximum atomic E-state index is 11.1. The number of hydrogen-bond donors (Lipinski definition) is 0. The minimum Gasteiger partial charge on any atom is -0.550 e. The summed E-state index contributed by atoms with van der Waals surface area (Å²) in [5.41, 5.74) is 0.385. The van der Waals surface area contributed by atoms with Crippen LogP contribution in [-0.4, -0.2) is 50.2 Å². The number of carbonyl (C=O) groups excluding carboxylic acids is 2. The van der Waals surface area contributed by atoms with Gasteiger partial charge in [-0.15, -0.1) is 0 Å². The van der Waals surface area contributed by atoms with Crippen LogP contribution in [0, 0.1) is 0 Å². The first-order valence-electron chi connectivity index (χ1n) is 5.59. The van der Waals surface area contributed by atoms with E-state index in [0.29, 0.717) is 29.6 Å². The molecule has 0 atom stereocenters. The Bertz CT molecular complexity index is 297. The Hall–Kier alpha value is -1.36. The Morgan fingerprint density at radius 2 is 1.88 bits per heavy atom. The third kappa shape index (κ3) is 8.45. The monoisotopic (exact) mass is 243 g/mol. The van der Waals surface area contributed by atoms with Crippen LogP contribution in [0.1, 0.15) is 19.8 Å². The zero-order chi connectivity index (χ0) is 13.5. The fourth-order valence-electron chi connectivity index (χ4n) is 1.29. The Balaban J connectivity index is 3.75. The van der Waals surface area contributed by atoms with Crippen molar-refractivity contribution in [3.05, 3.63) is 12.2 Å². The molecular formula is C12H21NO4. The molecule has 0 aromatic carbocycles. The van der Waals surface area contributed by atoms with Gasteiger partial charge >= 0.3 is 5.97 Å². The van der Waals surface area contributed by atoms with Gasteiger partial charge < -0.3 is 19.1 Å². The molecule has 5 nitrogen and oxygen atoms in total. The van der Waals surface area contributed by atoms with E-state index in [9.17, 15) is 14.7 Å². The minimum atomic E-state index is -1.04. The summed E-state index contributed by atoms with van der Waals surface area (Å²) in [5.74, 6) is -1.42. The second-order valence-corrected chi connectivity index (χ2v) is 4.77. The van der Waals surface area contributed by atoms with Crippen molar-refractivity contribution in [3.8, 4) is 0 Å². The number of aliphatic carboxylic acids is 1. The molecule has 0 aromatic heterocycles. The molecule has 0 rings (SSSR count). The van der Waals surface area contributed by atoms with Crippen LogP contribution < -0.4 is 5.11 Å². The lowest BCUT2D eigenvalue weighted by molar-refractivity contribution is -0.890. The van der Waals surface area contributed by atoms with Crippen molar-refractivity contribution < 1.29 is 23.9 Å². The van der Waals surface area contributed by atoms with Crippen molar-refractivity contribution in [3.63, 3.8) is 0 Å². The number of carbonyl (C=O) groups is 2. The fraction of sp³-hybridized carbons (Fsp3) is 0.667. The number of carboxylic acid groups (broad SMARTS) is 1. The van der Waals surface area contributed by atoms with Gasteiger partial charge in [0.05, 0.1) is 33.8 Å². The summed E-state index contributed by atoms with van der Waals surface area (Å²) in [6, 6.07) is 0. The molecule has 0 heterocycles. The molecule has 0 saturated heterocycles. The Kier molecular flexibility index (Phi) is 6.50. The maximum Gasteiger partial charge on any atom is 0.333 e. The van der Waals surface area contributed by atoms with Gasteiger partial charge in [0.1, 0.15) is 0 Å². The fourth-order valence-corrected chi connectivity index (χ4v) is 1.29. The van der Waals surface area contributed by atoms with Gasteiger partial charge in [0.15, 0.2) is 0 Å². The third-order valence-electron chi connectivity index (χ3n) is 2.41. The molecule has 0 aliphatic rings. The summed E-state index contributed by atoms with van der Waals surface area (Å²) in [7, 11) is 3.87. The van der Waals surface area contributed by atoms with Crippen LogP contribution in [0.4, 0.5) is 0 Å². The van der Waals surface area contributed by atoms with E-state index in [2.05, 4.69) is 6.58 Å². The SMILES string of the molecule is C=C(C)C(=O)OCCC[N+](C)(C)CCC(=O)[O-]. The Labute approximate surface area is 102 Å². The lowest BCUT2D eigenvalue weighted by atomic mass is 10.3. The van der Waals surface area contributed by atoms with E-state index in [1.54, 1.807) is 6.92 Å². The molecule has 0 bridgehead atoms. The first-order valence-corrected chi connectivity index (χ1v) is 5.59. The Morgan fingerprint density at radius 1 is 1.29 bits per heavy atom. The van der Waals surface area contributed by atoms with Crippen molar-refractivity contribution in [1.82, 2.24) is 0 Å². The number of quaternary nitrogens is 1. The molecule has 0 radical (unpaired) electrons. The van der Waals surface area contributed by atoms with Gasteiger partial charge in [0, 0.05) is 24.4 Å². The summed E-state index contributed by atoms with van der Waals surface area (Å²) < 4.78 is 5.52. The maximum absolute atomic E-state index is 11.1. The lowest BCUT2D eigenvalue weighted by Gasteiger charge is -2.29. The summed E-state index contributed by atoms with van der Waals surface area (Å²) in [6.45, 7) is 6.67. The molecule has 0 aliphatic heterocycles. The topological polar surface area (TPSA) is 66.4 Å². The highest BCUT2D eigenvalue weighted by Crippen LogP contribution is 2.02. The van der Waals surface area contributed by atoms with Crippen LogP contribution in [0.5, 0.6) is 0 Å². The molecule has 17 heavy (non-hydrogen) atoms. The lowest BCUT2D eigenvalue weighted by Crippen LogP contribution is -2.43. The first-order chi connectivity index (χ1) is 7.74. The van der Waals surface area contributed by atoms with Crippen molar-refractivity contribution in [2.45, 2.75) is 19.8 Å². The van der Waals surface area contributed by atoms with Crippen molar-refractivity contribution in [2.24, 2.45) is 0 Å². The molecule has 0 saturated carbocycles. The molecule has 0 aromatic rings. The summed E-state index contributed by atoms with van der Waals surface area (Å²) in [5, 5.41) is 10.3. The molecule has 0 aliphatic carbocycles. The van der Waals surface area contributed by atoms with Crippen LogP contribution in [-0.2, 0) is 14.3 Å². The predicted molar refractivity (Wildman–Crippen MR) is 61.9 cm³/mol. The highest BCUT2D eigenvalue weighted by atomic mass is 16.5. The van der Waals surface area contributed by atoms with E-state index in [0.717, 1.165) is 6.54 Å². The molecule has 0 spiro atoms. The third-order valence-corrected chi connectivity index (χ3v) is 2.41. The average molecular weight is 243 g/mol. The van der Waals surface area contributed by atoms with Gasteiger partial charge in [0.25, 0.3) is 0 Å². The molecule has 5 heteroatoms. The number of carboxylic acids is 1. The van der Waals surface area contributed by atoms with Crippen LogP contribution in [0.3, 0.4) is 0 Å². The normalized spacial score (nSPS) is 11.0. The highest BCUT2D eigenvalue weighted by molar-refractivity contribution is 5.86. The quantitative estimate of drug-likeness (QED) is 0.254.